The smallest absolute Gasteiger partial charge is 0.344 e. The van der Waals surface area contributed by atoms with Crippen LogP contribution in [0.3, 0.4) is 0 Å². The first-order chi connectivity index (χ1) is 16.0. The number of amides is 2. The van der Waals surface area contributed by atoms with Gasteiger partial charge in [-0.15, -0.1) is 0 Å². The van der Waals surface area contributed by atoms with E-state index in [1.807, 2.05) is 0 Å². The summed E-state index contributed by atoms with van der Waals surface area (Å²) in [5.41, 5.74) is 4.72. The van der Waals surface area contributed by atoms with Crippen molar-refractivity contribution >= 4 is 74.7 Å². The summed E-state index contributed by atoms with van der Waals surface area (Å²) in [6.07, 6.45) is -0.533. The van der Waals surface area contributed by atoms with Crippen LogP contribution in [0.2, 0.25) is 4.34 Å². The van der Waals surface area contributed by atoms with Gasteiger partial charge in [-0.3, -0.25) is 24.1 Å². The summed E-state index contributed by atoms with van der Waals surface area (Å²) in [5.74, 6) is -7.28. The molecule has 0 spiro atoms. The molecule has 18 heteroatoms. The fourth-order valence-electron chi connectivity index (χ4n) is 3.02. The molecule has 0 aliphatic carbocycles. The molecule has 1 aromatic rings. The molecule has 2 aliphatic rings. The number of carboxylic acids is 2. The quantitative estimate of drug-likeness (QED) is 0.0990. The van der Waals surface area contributed by atoms with Crippen LogP contribution in [0.1, 0.15) is 12.1 Å². The highest BCUT2D eigenvalue weighted by Crippen LogP contribution is 2.30. The first kappa shape index (κ1) is 25.5. The number of ether oxygens (including phenoxy) is 1. The third kappa shape index (κ3) is 5.49. The Hall–Kier alpha value is -3.15. The summed E-state index contributed by atoms with van der Waals surface area (Å²) >= 11 is 4.80. The lowest BCUT2D eigenvalue weighted by molar-refractivity contribution is -0.165. The Balaban J connectivity index is 1.84. The van der Waals surface area contributed by atoms with Crippen molar-refractivity contribution in [2.24, 2.45) is 11.1 Å². The van der Waals surface area contributed by atoms with Crippen LogP contribution < -0.4 is 11.1 Å². The number of carboxylic acid groups (broad SMARTS) is 2. The second-order valence-electron chi connectivity index (χ2n) is 6.86. The van der Waals surface area contributed by atoms with E-state index in [1.54, 1.807) is 0 Å². The van der Waals surface area contributed by atoms with Gasteiger partial charge in [-0.2, -0.15) is 0 Å². The fourth-order valence-corrected chi connectivity index (χ4v) is 5.74. The second kappa shape index (κ2) is 10.4. The highest BCUT2D eigenvalue weighted by molar-refractivity contribution is 7.92. The first-order valence-corrected chi connectivity index (χ1v) is 11.8. The zero-order valence-corrected chi connectivity index (χ0v) is 19.2. The fraction of sp³-hybridized carbons (Fsp3) is 0.438. The number of fused-ring (bicyclic) bond motifs is 1. The maximum Gasteiger partial charge on any atom is 0.344 e. The van der Waals surface area contributed by atoms with Crippen LogP contribution in [0, 0.1) is 5.92 Å². The molecule has 3 heterocycles. The Kier molecular flexibility index (Phi) is 7.80. The number of carbonyl (C=O) groups is 5. The van der Waals surface area contributed by atoms with E-state index in [-0.39, 0.29) is 15.2 Å². The number of hydrogen-bond acceptors (Lipinski definition) is 12. The Labute approximate surface area is 202 Å². The summed E-state index contributed by atoms with van der Waals surface area (Å²) in [5, 5.41) is 22.5. The average molecular weight is 538 g/mol. The number of halogens is 1. The SMILES string of the molecule is Nc1nc(/C(=N/OCC(=O)O)C(=O)N[C@@H]2C(=O)N3COC(=O)C[C@H](C(=O)O)C[S@@+]([O-])[C@H]23)c(Cl)s1. The monoisotopic (exact) mass is 537 g/mol. The van der Waals surface area contributed by atoms with Gasteiger partial charge >= 0.3 is 17.9 Å². The van der Waals surface area contributed by atoms with E-state index in [9.17, 15) is 33.6 Å². The van der Waals surface area contributed by atoms with Gasteiger partial charge < -0.3 is 35.4 Å². The molecule has 5 N–H and O–H groups in total. The molecule has 0 radical (unpaired) electrons. The number of esters is 1. The summed E-state index contributed by atoms with van der Waals surface area (Å²) in [6.45, 7) is -1.48. The van der Waals surface area contributed by atoms with Crippen LogP contribution in [0.25, 0.3) is 0 Å². The lowest BCUT2D eigenvalue weighted by Gasteiger charge is -2.45. The molecule has 2 amide bonds. The van der Waals surface area contributed by atoms with Gasteiger partial charge in [0.1, 0.15) is 21.7 Å². The Bertz CT molecular complexity index is 1060. The minimum Gasteiger partial charge on any atom is -0.615 e. The van der Waals surface area contributed by atoms with Gasteiger partial charge in [0.15, 0.2) is 23.6 Å². The van der Waals surface area contributed by atoms with E-state index in [0.717, 1.165) is 16.2 Å². The van der Waals surface area contributed by atoms with Crippen molar-refractivity contribution in [3.8, 4) is 0 Å². The van der Waals surface area contributed by atoms with Crippen LogP contribution >= 0.6 is 22.9 Å². The first-order valence-electron chi connectivity index (χ1n) is 9.20. The van der Waals surface area contributed by atoms with E-state index in [1.165, 1.54) is 0 Å². The van der Waals surface area contributed by atoms with Gasteiger partial charge in [0.25, 0.3) is 11.8 Å². The Morgan fingerprint density at radius 2 is 2.12 bits per heavy atom. The summed E-state index contributed by atoms with van der Waals surface area (Å²) in [4.78, 5) is 68.7. The lowest BCUT2D eigenvalue weighted by atomic mass is 10.1. The molecule has 2 fully saturated rings. The van der Waals surface area contributed by atoms with Gasteiger partial charge in [0.2, 0.25) is 12.0 Å². The van der Waals surface area contributed by atoms with Crippen molar-refractivity contribution in [1.29, 1.82) is 0 Å². The topological polar surface area (TPSA) is 234 Å². The maximum absolute atomic E-state index is 12.9. The molecule has 0 aromatic carbocycles. The van der Waals surface area contributed by atoms with Gasteiger partial charge in [-0.05, 0) is 11.2 Å². The predicted octanol–water partition coefficient (Wildman–Crippen LogP) is -1.81. The van der Waals surface area contributed by atoms with Gasteiger partial charge in [0.05, 0.1) is 6.42 Å². The van der Waals surface area contributed by atoms with Gasteiger partial charge in [-0.25, -0.2) is 9.78 Å². The molecule has 0 bridgehead atoms. The van der Waals surface area contributed by atoms with Crippen molar-refractivity contribution in [1.82, 2.24) is 15.2 Å². The normalized spacial score (nSPS) is 25.1. The third-order valence-corrected chi connectivity index (χ3v) is 7.46. The minimum absolute atomic E-state index is 0.0384. The average Bonchev–Trinajstić information content (AvgIpc) is 3.10. The number of nitrogens with two attached hydrogens (primary N) is 1. The van der Waals surface area contributed by atoms with Crippen LogP contribution in [0.4, 0.5) is 5.13 Å². The number of aromatic nitrogens is 1. The maximum atomic E-state index is 12.9. The molecule has 1 aromatic heterocycles. The highest BCUT2D eigenvalue weighted by atomic mass is 35.5. The van der Waals surface area contributed by atoms with Gasteiger partial charge in [-0.1, -0.05) is 28.1 Å². The summed E-state index contributed by atoms with van der Waals surface area (Å²) < 4.78 is 17.7. The zero-order valence-electron chi connectivity index (χ0n) is 16.8. The number of nitrogens with zero attached hydrogens (tertiary/aromatic N) is 3. The molecular weight excluding hydrogens is 522 g/mol. The number of carbonyl (C=O) groups excluding carboxylic acids is 3. The Morgan fingerprint density at radius 3 is 2.71 bits per heavy atom. The molecule has 3 rings (SSSR count). The molecule has 184 valence electrons. The number of anilines is 1. The van der Waals surface area contributed by atoms with Crippen molar-refractivity contribution in [3.05, 3.63) is 10.0 Å². The van der Waals surface area contributed by atoms with E-state index in [0.29, 0.717) is 0 Å². The van der Waals surface area contributed by atoms with Gasteiger partial charge in [0, 0.05) is 0 Å². The van der Waals surface area contributed by atoms with E-state index in [4.69, 9.17) is 27.2 Å². The lowest BCUT2D eigenvalue weighted by Crippen LogP contribution is -2.74. The third-order valence-electron chi connectivity index (χ3n) is 4.58. The van der Waals surface area contributed by atoms with Crippen molar-refractivity contribution in [3.63, 3.8) is 0 Å². The number of nitrogen functional groups attached to an aromatic ring is 1. The molecule has 0 unspecified atom stereocenters. The minimum atomic E-state index is -2.00. The van der Waals surface area contributed by atoms with E-state index >= 15 is 0 Å². The predicted molar refractivity (Wildman–Crippen MR) is 114 cm³/mol. The number of β-lactam (4-membered cyclic amide) rings is 1. The Morgan fingerprint density at radius 1 is 1.41 bits per heavy atom. The van der Waals surface area contributed by atoms with Crippen molar-refractivity contribution < 1.29 is 48.3 Å². The van der Waals surface area contributed by atoms with Crippen LogP contribution in [-0.2, 0) is 44.7 Å². The summed E-state index contributed by atoms with van der Waals surface area (Å²) in [7, 11) is 0. The molecule has 4 atom stereocenters. The largest absolute Gasteiger partial charge is 0.615 e. The molecule has 34 heavy (non-hydrogen) atoms. The van der Waals surface area contributed by atoms with Crippen LogP contribution in [0.15, 0.2) is 5.16 Å². The standard InChI is InChI=1S/C16H16ClN5O10S2/c17-11-8(20-16(18)33-11)9(21-32-2-6(23)24)12(26)19-10-13(27)22-4-31-7(25)1-5(15(28)29)3-34(30)14(10)22/h5,10,14H,1-4H2,(H2,18,20)(H,19,26)(H,23,24)(H,28,29)/b21-9-/t5-,10+,14+,34+/m0/s1. The number of nitrogens with one attached hydrogen (secondary N) is 1. The highest BCUT2D eigenvalue weighted by Gasteiger charge is 2.57. The molecule has 2 aliphatic heterocycles. The number of thiazole rings is 1. The summed E-state index contributed by atoms with van der Waals surface area (Å²) in [6, 6.07) is -1.40. The molecule has 2 saturated heterocycles. The molecule has 15 nitrogen and oxygen atoms in total. The van der Waals surface area contributed by atoms with E-state index in [2.05, 4.69) is 20.3 Å². The molecular formula is C16H16ClN5O10S2. The van der Waals surface area contributed by atoms with Crippen LogP contribution in [0.5, 0.6) is 0 Å². The number of rotatable bonds is 7. The number of hydrogen-bond donors (Lipinski definition) is 4. The van der Waals surface area contributed by atoms with E-state index < -0.39 is 89.5 Å². The van der Waals surface area contributed by atoms with Crippen molar-refractivity contribution in [2.45, 2.75) is 17.8 Å². The van der Waals surface area contributed by atoms with Crippen molar-refractivity contribution in [2.75, 3.05) is 24.8 Å². The second-order valence-corrected chi connectivity index (χ2v) is 10.1. The number of oxime groups is 1. The number of cyclic esters (lactones) is 1. The zero-order chi connectivity index (χ0) is 25.2. The molecule has 0 saturated carbocycles. The number of aliphatic carboxylic acids is 2. The van der Waals surface area contributed by atoms with Crippen LogP contribution in [-0.4, -0.2) is 90.6 Å².